The highest BCUT2D eigenvalue weighted by molar-refractivity contribution is 9.10. The molecule has 0 bridgehead atoms. The van der Waals surface area contributed by atoms with E-state index in [0.29, 0.717) is 0 Å². The van der Waals surface area contributed by atoms with Crippen molar-refractivity contribution in [2.45, 2.75) is 90.4 Å². The molecule has 2 rings (SSSR count). The maximum absolute atomic E-state index is 3.71. The molecule has 1 heteroatoms. The van der Waals surface area contributed by atoms with Gasteiger partial charge >= 0.3 is 0 Å². The molecule has 2 aromatic carbocycles. The summed E-state index contributed by atoms with van der Waals surface area (Å²) in [6, 6.07) is 17.4. The smallest absolute Gasteiger partial charge is 0.0253 e. The molecule has 0 radical (unpaired) electrons. The Kier molecular flexibility index (Phi) is 11.5. The average Bonchev–Trinajstić information content (AvgIpc) is 2.70. The van der Waals surface area contributed by atoms with E-state index >= 15 is 0 Å². The quantitative estimate of drug-likeness (QED) is 0.262. The number of aryl methyl sites for hydroxylation is 1. The molecule has 0 fully saturated rings. The van der Waals surface area contributed by atoms with Gasteiger partial charge in [-0.2, -0.15) is 0 Å². The summed E-state index contributed by atoms with van der Waals surface area (Å²) in [6.45, 7) is 2.29. The third kappa shape index (κ3) is 8.64. The molecule has 0 aliphatic rings. The lowest BCUT2D eigenvalue weighted by atomic mass is 9.95. The fraction of sp³-hybridized carbons (Fsp3) is 0.538. The molecule has 0 amide bonds. The lowest BCUT2D eigenvalue weighted by molar-refractivity contribution is 0.544. The Morgan fingerprint density at radius 3 is 1.63 bits per heavy atom. The summed E-state index contributed by atoms with van der Waals surface area (Å²) in [6.07, 6.45) is 18.1. The molecule has 0 saturated heterocycles. The molecule has 0 unspecified atom stereocenters. The molecule has 27 heavy (non-hydrogen) atoms. The summed E-state index contributed by atoms with van der Waals surface area (Å²) in [5.74, 6) is 0. The Morgan fingerprint density at radius 2 is 1.04 bits per heavy atom. The molecule has 0 aliphatic carbocycles. The van der Waals surface area contributed by atoms with Gasteiger partial charge in [0, 0.05) is 4.47 Å². The highest BCUT2D eigenvalue weighted by atomic mass is 79.9. The number of benzene rings is 2. The van der Waals surface area contributed by atoms with E-state index in [-0.39, 0.29) is 0 Å². The van der Waals surface area contributed by atoms with Gasteiger partial charge in [-0.15, -0.1) is 0 Å². The van der Waals surface area contributed by atoms with Crippen LogP contribution in [0.3, 0.4) is 0 Å². The first kappa shape index (κ1) is 22.2. The highest BCUT2D eigenvalue weighted by Crippen LogP contribution is 2.31. The zero-order valence-electron chi connectivity index (χ0n) is 17.2. The fourth-order valence-electron chi connectivity index (χ4n) is 3.84. The van der Waals surface area contributed by atoms with Crippen LogP contribution in [0.2, 0.25) is 0 Å². The molecular weight excluding hydrogens is 392 g/mol. The average molecular weight is 429 g/mol. The maximum Gasteiger partial charge on any atom is 0.0253 e. The first-order valence-corrected chi connectivity index (χ1v) is 11.9. The van der Waals surface area contributed by atoms with E-state index in [0.717, 1.165) is 0 Å². The molecule has 0 aromatic heterocycles. The van der Waals surface area contributed by atoms with Crippen molar-refractivity contribution in [1.29, 1.82) is 0 Å². The highest BCUT2D eigenvalue weighted by Gasteiger charge is 2.07. The second-order valence-electron chi connectivity index (χ2n) is 7.78. The van der Waals surface area contributed by atoms with Crippen LogP contribution in [0, 0.1) is 0 Å². The van der Waals surface area contributed by atoms with Gasteiger partial charge in [-0.25, -0.2) is 0 Å². The molecular formula is C26H37Br. The molecule has 148 valence electrons. The van der Waals surface area contributed by atoms with Crippen LogP contribution in [-0.2, 0) is 6.42 Å². The van der Waals surface area contributed by atoms with Crippen LogP contribution in [0.15, 0.2) is 53.0 Å². The van der Waals surface area contributed by atoms with Gasteiger partial charge in [0.05, 0.1) is 0 Å². The normalized spacial score (nSPS) is 11.0. The summed E-state index contributed by atoms with van der Waals surface area (Å²) in [5.41, 5.74) is 4.18. The monoisotopic (exact) mass is 428 g/mol. The van der Waals surface area contributed by atoms with Crippen LogP contribution in [0.1, 0.15) is 89.5 Å². The molecule has 0 saturated carbocycles. The van der Waals surface area contributed by atoms with Crippen LogP contribution in [0.5, 0.6) is 0 Å². The number of unbranched alkanes of at least 4 members (excludes halogenated alkanes) is 11. The lowest BCUT2D eigenvalue weighted by Gasteiger charge is -2.11. The van der Waals surface area contributed by atoms with Gasteiger partial charge in [0.15, 0.2) is 0 Å². The van der Waals surface area contributed by atoms with Crippen molar-refractivity contribution in [3.63, 3.8) is 0 Å². The molecule has 0 heterocycles. The van der Waals surface area contributed by atoms with E-state index in [1.807, 2.05) is 0 Å². The Bertz CT molecular complexity index is 632. The molecule has 0 aliphatic heterocycles. The second kappa shape index (κ2) is 14.0. The summed E-state index contributed by atoms with van der Waals surface area (Å²) in [4.78, 5) is 0. The number of hydrogen-bond acceptors (Lipinski definition) is 0. The Hall–Kier alpha value is -1.08. The second-order valence-corrected chi connectivity index (χ2v) is 8.63. The minimum atomic E-state index is 1.19. The van der Waals surface area contributed by atoms with Gasteiger partial charge in [-0.05, 0) is 35.6 Å². The Balaban J connectivity index is 1.61. The van der Waals surface area contributed by atoms with Crippen molar-refractivity contribution in [2.75, 3.05) is 0 Å². The molecule has 0 nitrogen and oxygen atoms in total. The maximum atomic E-state index is 3.71. The van der Waals surface area contributed by atoms with Crippen LogP contribution in [0.25, 0.3) is 11.1 Å². The minimum Gasteiger partial charge on any atom is -0.0654 e. The van der Waals surface area contributed by atoms with E-state index in [1.54, 1.807) is 0 Å². The first-order chi connectivity index (χ1) is 13.3. The van der Waals surface area contributed by atoms with Gasteiger partial charge in [-0.1, -0.05) is 136 Å². The minimum absolute atomic E-state index is 1.19. The van der Waals surface area contributed by atoms with Crippen molar-refractivity contribution in [2.24, 2.45) is 0 Å². The largest absolute Gasteiger partial charge is 0.0654 e. The summed E-state index contributed by atoms with van der Waals surface area (Å²) in [5, 5.41) is 0. The van der Waals surface area contributed by atoms with Gasteiger partial charge in [-0.3, -0.25) is 0 Å². The molecule has 2 aromatic rings. The summed E-state index contributed by atoms with van der Waals surface area (Å²) in [7, 11) is 0. The van der Waals surface area contributed by atoms with Crippen LogP contribution < -0.4 is 0 Å². The summed E-state index contributed by atoms with van der Waals surface area (Å²) >= 11 is 3.71. The lowest BCUT2D eigenvalue weighted by Crippen LogP contribution is -1.91. The van der Waals surface area contributed by atoms with Crippen molar-refractivity contribution in [3.8, 4) is 11.1 Å². The topological polar surface area (TPSA) is 0 Å². The number of rotatable bonds is 14. The van der Waals surface area contributed by atoms with Gasteiger partial charge in [0.1, 0.15) is 0 Å². The predicted molar refractivity (Wildman–Crippen MR) is 124 cm³/mol. The van der Waals surface area contributed by atoms with Gasteiger partial charge in [0.25, 0.3) is 0 Å². The van der Waals surface area contributed by atoms with Crippen molar-refractivity contribution < 1.29 is 0 Å². The van der Waals surface area contributed by atoms with E-state index in [1.165, 1.54) is 105 Å². The Morgan fingerprint density at radius 1 is 0.556 bits per heavy atom. The Labute approximate surface area is 175 Å². The van der Waals surface area contributed by atoms with Crippen LogP contribution >= 0.6 is 15.9 Å². The van der Waals surface area contributed by atoms with Crippen molar-refractivity contribution >= 4 is 15.9 Å². The van der Waals surface area contributed by atoms with Gasteiger partial charge in [0.2, 0.25) is 0 Å². The van der Waals surface area contributed by atoms with Crippen LogP contribution in [-0.4, -0.2) is 0 Å². The third-order valence-electron chi connectivity index (χ3n) is 5.48. The first-order valence-electron chi connectivity index (χ1n) is 11.2. The van der Waals surface area contributed by atoms with E-state index in [2.05, 4.69) is 71.4 Å². The van der Waals surface area contributed by atoms with E-state index in [4.69, 9.17) is 0 Å². The van der Waals surface area contributed by atoms with Gasteiger partial charge < -0.3 is 0 Å². The molecule has 0 N–H and O–H groups in total. The zero-order chi connectivity index (χ0) is 19.2. The third-order valence-corrected chi connectivity index (χ3v) is 6.17. The SMILES string of the molecule is CCCCCCCCCCCCCCc1ccccc1-c1ccccc1Br. The number of halogens is 1. The van der Waals surface area contributed by atoms with Crippen molar-refractivity contribution in [1.82, 2.24) is 0 Å². The predicted octanol–water partition coefficient (Wildman–Crippen LogP) is 9.36. The van der Waals surface area contributed by atoms with Crippen molar-refractivity contribution in [3.05, 3.63) is 58.6 Å². The molecule has 0 spiro atoms. The standard InChI is InChI=1S/C26H37Br/c1-2-3-4-5-6-7-8-9-10-11-12-13-18-23-19-14-15-20-24(23)25-21-16-17-22-26(25)27/h14-17,19-22H,2-13,18H2,1H3. The summed E-state index contributed by atoms with van der Waals surface area (Å²) < 4.78 is 1.19. The van der Waals surface area contributed by atoms with E-state index < -0.39 is 0 Å². The van der Waals surface area contributed by atoms with Crippen LogP contribution in [0.4, 0.5) is 0 Å². The zero-order valence-corrected chi connectivity index (χ0v) is 18.8. The number of hydrogen-bond donors (Lipinski definition) is 0. The molecule has 0 atom stereocenters. The fourth-order valence-corrected chi connectivity index (χ4v) is 4.34. The van der Waals surface area contributed by atoms with E-state index in [9.17, 15) is 0 Å².